The summed E-state index contributed by atoms with van der Waals surface area (Å²) in [5.74, 6) is 0.815. The summed E-state index contributed by atoms with van der Waals surface area (Å²) >= 11 is 0. The summed E-state index contributed by atoms with van der Waals surface area (Å²) in [7, 11) is -3.67. The summed E-state index contributed by atoms with van der Waals surface area (Å²) in [5.41, 5.74) is 4.04. The van der Waals surface area contributed by atoms with E-state index in [4.69, 9.17) is 4.74 Å². The van der Waals surface area contributed by atoms with Crippen LogP contribution < -0.4 is 4.72 Å². The Kier molecular flexibility index (Phi) is 6.59. The Morgan fingerprint density at radius 1 is 1.03 bits per heavy atom. The average molecular weight is 522 g/mol. The number of nitrogens with zero attached hydrogens (tertiary/aromatic N) is 1. The molecule has 0 radical (unpaired) electrons. The molecule has 2 aromatic carbocycles. The van der Waals surface area contributed by atoms with Crippen molar-refractivity contribution in [2.45, 2.75) is 62.4 Å². The molecule has 1 aromatic heterocycles. The number of aromatic amines is 1. The van der Waals surface area contributed by atoms with Gasteiger partial charge in [0.2, 0.25) is 15.9 Å². The molecule has 8 heteroatoms. The van der Waals surface area contributed by atoms with E-state index in [1.54, 1.807) is 12.1 Å². The van der Waals surface area contributed by atoms with Crippen LogP contribution in [0.1, 0.15) is 44.1 Å². The van der Waals surface area contributed by atoms with Gasteiger partial charge in [-0.2, -0.15) is 0 Å². The van der Waals surface area contributed by atoms with Crippen LogP contribution in [0.25, 0.3) is 22.2 Å². The molecule has 1 aliphatic heterocycles. The van der Waals surface area contributed by atoms with E-state index in [2.05, 4.69) is 39.7 Å². The van der Waals surface area contributed by atoms with E-state index in [1.165, 1.54) is 12.8 Å². The Labute approximate surface area is 218 Å². The van der Waals surface area contributed by atoms with Crippen molar-refractivity contribution in [3.05, 3.63) is 54.1 Å². The molecule has 7 nitrogen and oxygen atoms in total. The van der Waals surface area contributed by atoms with Gasteiger partial charge < -0.3 is 14.6 Å². The SMILES string of the molecule is Cc1ccccc1-c1cc2ccc(S(=O)(=O)NC3CCC(C(=O)N4CCOC[C@@H]4C4CC4)CC3)cc2[nH]1. The minimum absolute atomic E-state index is 0.0183. The van der Waals surface area contributed by atoms with Crippen LogP contribution >= 0.6 is 0 Å². The average Bonchev–Trinajstić information content (AvgIpc) is 3.67. The van der Waals surface area contributed by atoms with Crippen LogP contribution in [0.3, 0.4) is 0 Å². The van der Waals surface area contributed by atoms with E-state index < -0.39 is 10.0 Å². The maximum atomic E-state index is 13.3. The van der Waals surface area contributed by atoms with Crippen LogP contribution in [0.4, 0.5) is 0 Å². The smallest absolute Gasteiger partial charge is 0.240 e. The lowest BCUT2D eigenvalue weighted by Gasteiger charge is -2.39. The fourth-order valence-corrected chi connectivity index (χ4v) is 7.37. The fourth-order valence-electron chi connectivity index (χ4n) is 6.04. The number of hydrogen-bond acceptors (Lipinski definition) is 4. The van der Waals surface area contributed by atoms with Gasteiger partial charge in [0.05, 0.1) is 24.2 Å². The number of fused-ring (bicyclic) bond motifs is 1. The Balaban J connectivity index is 1.11. The van der Waals surface area contributed by atoms with E-state index in [1.807, 2.05) is 18.2 Å². The van der Waals surface area contributed by atoms with Crippen molar-refractivity contribution in [2.75, 3.05) is 19.8 Å². The number of benzene rings is 2. The molecule has 37 heavy (non-hydrogen) atoms. The van der Waals surface area contributed by atoms with Gasteiger partial charge in [0.1, 0.15) is 0 Å². The van der Waals surface area contributed by atoms with Crippen molar-refractivity contribution < 1.29 is 17.9 Å². The largest absolute Gasteiger partial charge is 0.377 e. The molecule has 1 atom stereocenters. The van der Waals surface area contributed by atoms with Gasteiger partial charge in [-0.05, 0) is 75.1 Å². The van der Waals surface area contributed by atoms with Crippen LogP contribution in [0.2, 0.25) is 0 Å². The number of sulfonamides is 1. The summed E-state index contributed by atoms with van der Waals surface area (Å²) in [5, 5.41) is 0.976. The van der Waals surface area contributed by atoms with Crippen molar-refractivity contribution in [3.8, 4) is 11.3 Å². The quantitative estimate of drug-likeness (QED) is 0.495. The molecular weight excluding hydrogens is 486 g/mol. The number of aryl methyl sites for hydroxylation is 1. The predicted molar refractivity (Wildman–Crippen MR) is 144 cm³/mol. The lowest BCUT2D eigenvalue weighted by molar-refractivity contribution is -0.146. The van der Waals surface area contributed by atoms with Crippen LogP contribution in [0.15, 0.2) is 53.4 Å². The van der Waals surface area contributed by atoms with E-state index in [-0.39, 0.29) is 28.8 Å². The highest BCUT2D eigenvalue weighted by Gasteiger charge is 2.41. The first-order chi connectivity index (χ1) is 17.9. The highest BCUT2D eigenvalue weighted by molar-refractivity contribution is 7.89. The summed E-state index contributed by atoms with van der Waals surface area (Å²) in [4.78, 5) is 19.0. The van der Waals surface area contributed by atoms with Gasteiger partial charge in [-0.1, -0.05) is 30.3 Å². The number of nitrogens with one attached hydrogen (secondary N) is 2. The topological polar surface area (TPSA) is 91.5 Å². The molecule has 3 fully saturated rings. The molecule has 3 aromatic rings. The van der Waals surface area contributed by atoms with E-state index in [0.717, 1.165) is 40.6 Å². The molecule has 2 saturated carbocycles. The molecular formula is C29H35N3O4S. The zero-order valence-corrected chi connectivity index (χ0v) is 22.1. The Morgan fingerprint density at radius 3 is 2.57 bits per heavy atom. The number of carbonyl (C=O) groups is 1. The minimum Gasteiger partial charge on any atom is -0.377 e. The van der Waals surface area contributed by atoms with E-state index in [9.17, 15) is 13.2 Å². The molecule has 0 bridgehead atoms. The maximum absolute atomic E-state index is 13.3. The number of hydrogen-bond donors (Lipinski definition) is 2. The van der Waals surface area contributed by atoms with Gasteiger partial charge in [0.25, 0.3) is 0 Å². The molecule has 1 saturated heterocycles. The third kappa shape index (κ3) is 5.07. The van der Waals surface area contributed by atoms with Crippen molar-refractivity contribution in [1.82, 2.24) is 14.6 Å². The van der Waals surface area contributed by atoms with Crippen molar-refractivity contribution in [3.63, 3.8) is 0 Å². The number of amides is 1. The third-order valence-corrected chi connectivity index (χ3v) is 9.87. The fraction of sp³-hybridized carbons (Fsp3) is 0.483. The van der Waals surface area contributed by atoms with Gasteiger partial charge in [-0.3, -0.25) is 4.79 Å². The number of H-pyrrole nitrogens is 1. The Morgan fingerprint density at radius 2 is 1.81 bits per heavy atom. The molecule has 2 aliphatic carbocycles. The molecule has 0 spiro atoms. The second-order valence-electron chi connectivity index (χ2n) is 10.9. The number of morpholine rings is 1. The van der Waals surface area contributed by atoms with Gasteiger partial charge in [-0.15, -0.1) is 0 Å². The normalized spacial score (nSPS) is 24.9. The lowest BCUT2D eigenvalue weighted by Crippen LogP contribution is -2.52. The first-order valence-corrected chi connectivity index (χ1v) is 15.0. The second-order valence-corrected chi connectivity index (χ2v) is 12.6. The zero-order chi connectivity index (χ0) is 25.6. The van der Waals surface area contributed by atoms with Gasteiger partial charge in [-0.25, -0.2) is 13.1 Å². The van der Waals surface area contributed by atoms with Crippen molar-refractivity contribution in [1.29, 1.82) is 0 Å². The van der Waals surface area contributed by atoms with Gasteiger partial charge >= 0.3 is 0 Å². The summed E-state index contributed by atoms with van der Waals surface area (Å²) in [6, 6.07) is 15.5. The van der Waals surface area contributed by atoms with Crippen molar-refractivity contribution in [2.24, 2.45) is 11.8 Å². The molecule has 1 amide bonds. The lowest BCUT2D eigenvalue weighted by atomic mass is 9.85. The Hall–Kier alpha value is -2.68. The van der Waals surface area contributed by atoms with E-state index >= 15 is 0 Å². The van der Waals surface area contributed by atoms with Crippen LogP contribution in [-0.4, -0.2) is 56.1 Å². The maximum Gasteiger partial charge on any atom is 0.240 e. The zero-order valence-electron chi connectivity index (χ0n) is 21.3. The molecule has 196 valence electrons. The Bertz CT molecular complexity index is 1400. The standard InChI is InChI=1S/C29H35N3O4S/c1-19-4-2-3-5-25(19)27-16-22-10-13-24(17-26(22)30-27)37(34,35)31-23-11-8-21(9-12-23)29(33)32-14-15-36-18-28(32)20-6-7-20/h2-5,10,13,16-17,20-21,23,28,30-31H,6-9,11-12,14-15,18H2,1H3/t21?,23?,28-/m1/s1. The van der Waals surface area contributed by atoms with Gasteiger partial charge in [0, 0.05) is 40.7 Å². The summed E-state index contributed by atoms with van der Waals surface area (Å²) in [6.07, 6.45) is 5.17. The molecule has 6 rings (SSSR count). The molecule has 3 aliphatic rings. The van der Waals surface area contributed by atoms with E-state index in [0.29, 0.717) is 38.5 Å². The van der Waals surface area contributed by atoms with Crippen LogP contribution in [0, 0.1) is 18.8 Å². The predicted octanol–water partition coefficient (Wildman–Crippen LogP) is 4.62. The van der Waals surface area contributed by atoms with Crippen LogP contribution in [0.5, 0.6) is 0 Å². The molecule has 2 N–H and O–H groups in total. The monoisotopic (exact) mass is 521 g/mol. The number of ether oxygens (including phenoxy) is 1. The first-order valence-electron chi connectivity index (χ1n) is 13.5. The number of carbonyl (C=O) groups excluding carboxylic acids is 1. The number of rotatable bonds is 6. The minimum atomic E-state index is -3.67. The summed E-state index contributed by atoms with van der Waals surface area (Å²) < 4.78 is 35.1. The van der Waals surface area contributed by atoms with Crippen LogP contribution in [-0.2, 0) is 19.6 Å². The molecule has 0 unspecified atom stereocenters. The van der Waals surface area contributed by atoms with Crippen molar-refractivity contribution >= 4 is 26.8 Å². The second kappa shape index (κ2) is 9.89. The summed E-state index contributed by atoms with van der Waals surface area (Å²) in [6.45, 7) is 4.01. The highest BCUT2D eigenvalue weighted by Crippen LogP contribution is 2.38. The third-order valence-electron chi connectivity index (χ3n) is 8.35. The number of aromatic nitrogens is 1. The first kappa shape index (κ1) is 24.6. The van der Waals surface area contributed by atoms with Gasteiger partial charge in [0.15, 0.2) is 0 Å². The molecule has 2 heterocycles. The highest BCUT2D eigenvalue weighted by atomic mass is 32.2.